The molecular weight excluding hydrogens is 266 g/mol. The number of nitrogen functional groups attached to an aromatic ring is 1. The molecule has 0 radical (unpaired) electrons. The number of anilines is 1. The van der Waals surface area contributed by atoms with Crippen LogP contribution in [0.25, 0.3) is 0 Å². The van der Waals surface area contributed by atoms with E-state index >= 15 is 0 Å². The second-order valence-electron chi connectivity index (χ2n) is 6.07. The van der Waals surface area contributed by atoms with Gasteiger partial charge in [0.2, 0.25) is 0 Å². The third-order valence-corrected chi connectivity index (χ3v) is 3.68. The van der Waals surface area contributed by atoms with Gasteiger partial charge in [0.15, 0.2) is 5.69 Å². The zero-order valence-electron chi connectivity index (χ0n) is 13.1. The lowest BCUT2D eigenvalue weighted by Gasteiger charge is -2.21. The number of aromatic nitrogens is 2. The van der Waals surface area contributed by atoms with Crippen LogP contribution in [-0.2, 0) is 0 Å². The molecule has 6 heteroatoms. The molecule has 1 fully saturated rings. The normalized spacial score (nSPS) is 17.1. The van der Waals surface area contributed by atoms with Gasteiger partial charge in [-0.3, -0.25) is 4.79 Å². The molecule has 6 nitrogen and oxygen atoms in total. The standard InChI is InChI=1S/C15H25N5O/c1-10(2)14-17-8-12(16)13(19-14)15(21)18-11(3)9-20-6-4-5-7-20/h8,10-11H,4-7,9,16H2,1-3H3,(H,18,21). The summed E-state index contributed by atoms with van der Waals surface area (Å²) in [7, 11) is 0. The molecule has 1 amide bonds. The van der Waals surface area contributed by atoms with Gasteiger partial charge in [0.25, 0.3) is 5.91 Å². The first-order chi connectivity index (χ1) is 9.97. The highest BCUT2D eigenvalue weighted by atomic mass is 16.2. The van der Waals surface area contributed by atoms with E-state index in [9.17, 15) is 4.79 Å². The van der Waals surface area contributed by atoms with Crippen LogP contribution in [0.4, 0.5) is 5.69 Å². The van der Waals surface area contributed by atoms with Crippen LogP contribution < -0.4 is 11.1 Å². The minimum absolute atomic E-state index is 0.0764. The molecule has 1 aliphatic heterocycles. The lowest BCUT2D eigenvalue weighted by atomic mass is 10.2. The zero-order chi connectivity index (χ0) is 15.4. The van der Waals surface area contributed by atoms with E-state index in [1.54, 1.807) is 0 Å². The number of rotatable bonds is 5. The van der Waals surface area contributed by atoms with E-state index in [1.165, 1.54) is 19.0 Å². The monoisotopic (exact) mass is 291 g/mol. The van der Waals surface area contributed by atoms with Crippen molar-refractivity contribution in [2.45, 2.75) is 45.6 Å². The topological polar surface area (TPSA) is 84.1 Å². The van der Waals surface area contributed by atoms with Crippen molar-refractivity contribution in [1.82, 2.24) is 20.2 Å². The van der Waals surface area contributed by atoms with Crippen LogP contribution in [0.1, 0.15) is 55.8 Å². The number of carbonyl (C=O) groups is 1. The quantitative estimate of drug-likeness (QED) is 0.856. The van der Waals surface area contributed by atoms with Crippen molar-refractivity contribution in [1.29, 1.82) is 0 Å². The van der Waals surface area contributed by atoms with Crippen molar-refractivity contribution >= 4 is 11.6 Å². The molecule has 1 unspecified atom stereocenters. The molecule has 1 atom stereocenters. The first-order valence-corrected chi connectivity index (χ1v) is 7.63. The Kier molecular flexibility index (Phi) is 5.12. The highest BCUT2D eigenvalue weighted by Gasteiger charge is 2.19. The summed E-state index contributed by atoms with van der Waals surface area (Å²) in [5.74, 6) is 0.587. The molecule has 0 bridgehead atoms. The summed E-state index contributed by atoms with van der Waals surface area (Å²) in [6.07, 6.45) is 4.01. The van der Waals surface area contributed by atoms with Crippen molar-refractivity contribution in [2.75, 3.05) is 25.4 Å². The second kappa shape index (κ2) is 6.85. The van der Waals surface area contributed by atoms with E-state index in [0.29, 0.717) is 11.5 Å². The summed E-state index contributed by atoms with van der Waals surface area (Å²) in [5.41, 5.74) is 6.44. The molecule has 2 heterocycles. The zero-order valence-corrected chi connectivity index (χ0v) is 13.1. The Labute approximate surface area is 126 Å². The Hall–Kier alpha value is -1.69. The van der Waals surface area contributed by atoms with Crippen molar-refractivity contribution in [3.8, 4) is 0 Å². The van der Waals surface area contributed by atoms with E-state index in [1.807, 2.05) is 20.8 Å². The van der Waals surface area contributed by atoms with Gasteiger partial charge in [-0.25, -0.2) is 9.97 Å². The lowest BCUT2D eigenvalue weighted by molar-refractivity contribution is 0.0927. The Morgan fingerprint density at radius 1 is 1.38 bits per heavy atom. The molecular formula is C15H25N5O. The Morgan fingerprint density at radius 2 is 2.05 bits per heavy atom. The van der Waals surface area contributed by atoms with Crippen LogP contribution in [0.15, 0.2) is 6.20 Å². The van der Waals surface area contributed by atoms with E-state index in [0.717, 1.165) is 19.6 Å². The number of amides is 1. The smallest absolute Gasteiger partial charge is 0.272 e. The summed E-state index contributed by atoms with van der Waals surface area (Å²) in [6, 6.07) is 0.0764. The largest absolute Gasteiger partial charge is 0.396 e. The minimum atomic E-state index is -0.219. The molecule has 116 valence electrons. The molecule has 0 saturated carbocycles. The van der Waals surface area contributed by atoms with Gasteiger partial charge in [0, 0.05) is 18.5 Å². The molecule has 1 aliphatic rings. The van der Waals surface area contributed by atoms with Gasteiger partial charge in [-0.15, -0.1) is 0 Å². The van der Waals surface area contributed by atoms with Gasteiger partial charge in [-0.1, -0.05) is 13.8 Å². The van der Waals surface area contributed by atoms with Crippen LogP contribution in [-0.4, -0.2) is 46.5 Å². The number of nitrogens with two attached hydrogens (primary N) is 1. The van der Waals surface area contributed by atoms with Crippen LogP contribution in [0.2, 0.25) is 0 Å². The number of carbonyl (C=O) groups excluding carboxylic acids is 1. The number of hydrogen-bond acceptors (Lipinski definition) is 5. The molecule has 0 aliphatic carbocycles. The molecule has 2 rings (SSSR count). The molecule has 0 spiro atoms. The highest BCUT2D eigenvalue weighted by Crippen LogP contribution is 2.14. The van der Waals surface area contributed by atoms with E-state index in [4.69, 9.17) is 5.73 Å². The predicted octanol–water partition coefficient (Wildman–Crippen LogP) is 1.40. The van der Waals surface area contributed by atoms with E-state index < -0.39 is 0 Å². The van der Waals surface area contributed by atoms with Crippen LogP contribution in [0.5, 0.6) is 0 Å². The van der Waals surface area contributed by atoms with Gasteiger partial charge < -0.3 is 16.0 Å². The van der Waals surface area contributed by atoms with E-state index in [2.05, 4.69) is 20.2 Å². The van der Waals surface area contributed by atoms with Crippen molar-refractivity contribution in [3.63, 3.8) is 0 Å². The number of likely N-dealkylation sites (tertiary alicyclic amines) is 1. The fourth-order valence-corrected chi connectivity index (χ4v) is 2.56. The third-order valence-electron chi connectivity index (χ3n) is 3.68. The minimum Gasteiger partial charge on any atom is -0.396 e. The van der Waals surface area contributed by atoms with Crippen molar-refractivity contribution in [2.24, 2.45) is 0 Å². The third kappa shape index (κ3) is 4.14. The van der Waals surface area contributed by atoms with E-state index in [-0.39, 0.29) is 23.6 Å². The van der Waals surface area contributed by atoms with Crippen LogP contribution in [0, 0.1) is 0 Å². The summed E-state index contributed by atoms with van der Waals surface area (Å²) in [6.45, 7) is 9.10. The number of nitrogens with zero attached hydrogens (tertiary/aromatic N) is 3. The predicted molar refractivity (Wildman–Crippen MR) is 83.1 cm³/mol. The van der Waals surface area contributed by atoms with Crippen molar-refractivity contribution in [3.05, 3.63) is 17.7 Å². The van der Waals surface area contributed by atoms with Crippen LogP contribution in [0.3, 0.4) is 0 Å². The SMILES string of the molecule is CC(CN1CCCC1)NC(=O)c1nc(C(C)C)ncc1N. The molecule has 1 saturated heterocycles. The van der Waals surface area contributed by atoms with Gasteiger partial charge in [0.05, 0.1) is 11.9 Å². The maximum Gasteiger partial charge on any atom is 0.272 e. The second-order valence-corrected chi connectivity index (χ2v) is 6.07. The van der Waals surface area contributed by atoms with Gasteiger partial charge in [0.1, 0.15) is 5.82 Å². The first kappa shape index (κ1) is 15.7. The maximum absolute atomic E-state index is 12.3. The fraction of sp³-hybridized carbons (Fsp3) is 0.667. The molecule has 21 heavy (non-hydrogen) atoms. The Bertz CT molecular complexity index is 497. The lowest BCUT2D eigenvalue weighted by Crippen LogP contribution is -2.41. The average molecular weight is 291 g/mol. The number of hydrogen-bond donors (Lipinski definition) is 2. The molecule has 1 aromatic heterocycles. The summed E-state index contributed by atoms with van der Waals surface area (Å²) >= 11 is 0. The van der Waals surface area contributed by atoms with Gasteiger partial charge in [-0.05, 0) is 32.9 Å². The summed E-state index contributed by atoms with van der Waals surface area (Å²) in [4.78, 5) is 23.1. The van der Waals surface area contributed by atoms with Gasteiger partial charge >= 0.3 is 0 Å². The van der Waals surface area contributed by atoms with Crippen molar-refractivity contribution < 1.29 is 4.79 Å². The Balaban J connectivity index is 2.00. The van der Waals surface area contributed by atoms with Crippen LogP contribution >= 0.6 is 0 Å². The fourth-order valence-electron chi connectivity index (χ4n) is 2.56. The molecule has 1 aromatic rings. The van der Waals surface area contributed by atoms with Gasteiger partial charge in [-0.2, -0.15) is 0 Å². The first-order valence-electron chi connectivity index (χ1n) is 7.63. The number of nitrogens with one attached hydrogen (secondary N) is 1. The maximum atomic E-state index is 12.3. The molecule has 3 N–H and O–H groups in total. The summed E-state index contributed by atoms with van der Waals surface area (Å²) in [5, 5.41) is 2.98. The molecule has 0 aromatic carbocycles. The average Bonchev–Trinajstić information content (AvgIpc) is 2.91. The Morgan fingerprint density at radius 3 is 2.67 bits per heavy atom. The summed E-state index contributed by atoms with van der Waals surface area (Å²) < 4.78 is 0. The highest BCUT2D eigenvalue weighted by molar-refractivity contribution is 5.97.